The number of carbonyl (C=O) groups is 1. The van der Waals surface area contributed by atoms with Gasteiger partial charge in [-0.3, -0.25) is 9.36 Å². The largest absolute Gasteiger partial charge is 0.467 e. The van der Waals surface area contributed by atoms with Gasteiger partial charge in [0.25, 0.3) is 0 Å². The SMILES string of the molecule is CC1CCN(c2nnc(SCC(=O)N(Cc3ccccc3)C(C)C)n2Cc2ccco2)CC1. The van der Waals surface area contributed by atoms with Gasteiger partial charge in [-0.25, -0.2) is 0 Å². The molecule has 1 saturated heterocycles. The van der Waals surface area contributed by atoms with Crippen molar-refractivity contribution in [1.82, 2.24) is 19.7 Å². The first-order chi connectivity index (χ1) is 16.0. The summed E-state index contributed by atoms with van der Waals surface area (Å²) in [6.07, 6.45) is 3.98. The van der Waals surface area contributed by atoms with Crippen molar-refractivity contribution in [2.75, 3.05) is 23.7 Å². The minimum atomic E-state index is 0.0970. The second kappa shape index (κ2) is 10.9. The van der Waals surface area contributed by atoms with Crippen LogP contribution >= 0.6 is 11.8 Å². The third-order valence-electron chi connectivity index (χ3n) is 6.12. The van der Waals surface area contributed by atoms with Gasteiger partial charge in [0.2, 0.25) is 11.9 Å². The van der Waals surface area contributed by atoms with E-state index >= 15 is 0 Å². The molecule has 8 heteroatoms. The molecule has 3 aromatic rings. The summed E-state index contributed by atoms with van der Waals surface area (Å²) in [5, 5.41) is 9.74. The lowest BCUT2D eigenvalue weighted by molar-refractivity contribution is -0.130. The Kier molecular flexibility index (Phi) is 7.75. The number of furan rings is 1. The van der Waals surface area contributed by atoms with E-state index in [0.717, 1.165) is 54.3 Å². The molecule has 33 heavy (non-hydrogen) atoms. The second-order valence-corrected chi connectivity index (χ2v) is 9.95. The van der Waals surface area contributed by atoms with Crippen LogP contribution in [0.4, 0.5) is 5.95 Å². The van der Waals surface area contributed by atoms with Crippen molar-refractivity contribution in [3.63, 3.8) is 0 Å². The fraction of sp³-hybridized carbons (Fsp3) is 0.480. The molecule has 0 unspecified atom stereocenters. The highest BCUT2D eigenvalue weighted by Gasteiger charge is 2.25. The lowest BCUT2D eigenvalue weighted by atomic mass is 10.00. The summed E-state index contributed by atoms with van der Waals surface area (Å²) in [6, 6.07) is 14.1. The van der Waals surface area contributed by atoms with E-state index in [4.69, 9.17) is 4.42 Å². The molecular formula is C25H33N5O2S. The standard InChI is InChI=1S/C25H33N5O2S/c1-19(2)29(16-21-8-5-4-6-9-21)23(31)18-33-25-27-26-24(28-13-11-20(3)12-14-28)30(25)17-22-10-7-15-32-22/h4-10,15,19-20H,11-14,16-18H2,1-3H3. The molecule has 0 spiro atoms. The van der Waals surface area contributed by atoms with Gasteiger partial charge in [-0.2, -0.15) is 0 Å². The Bertz CT molecular complexity index is 1010. The zero-order chi connectivity index (χ0) is 23.2. The molecule has 3 heterocycles. The van der Waals surface area contributed by atoms with Crippen LogP contribution in [0.1, 0.15) is 44.9 Å². The van der Waals surface area contributed by atoms with E-state index in [1.54, 1.807) is 6.26 Å². The van der Waals surface area contributed by atoms with Crippen LogP contribution in [0.25, 0.3) is 0 Å². The molecule has 1 aliphatic rings. The smallest absolute Gasteiger partial charge is 0.233 e. The Labute approximate surface area is 200 Å². The summed E-state index contributed by atoms with van der Waals surface area (Å²) < 4.78 is 7.69. The lowest BCUT2D eigenvalue weighted by Gasteiger charge is -2.31. The first kappa shape index (κ1) is 23.4. The van der Waals surface area contributed by atoms with E-state index in [-0.39, 0.29) is 11.9 Å². The van der Waals surface area contributed by atoms with Crippen LogP contribution < -0.4 is 4.90 Å². The van der Waals surface area contributed by atoms with Crippen molar-refractivity contribution in [3.8, 4) is 0 Å². The highest BCUT2D eigenvalue weighted by atomic mass is 32.2. The van der Waals surface area contributed by atoms with Crippen molar-refractivity contribution >= 4 is 23.6 Å². The van der Waals surface area contributed by atoms with Crippen LogP contribution in [0.3, 0.4) is 0 Å². The van der Waals surface area contributed by atoms with Gasteiger partial charge < -0.3 is 14.2 Å². The lowest BCUT2D eigenvalue weighted by Crippen LogP contribution is -2.37. The summed E-state index contributed by atoms with van der Waals surface area (Å²) >= 11 is 1.45. The van der Waals surface area contributed by atoms with E-state index in [1.807, 2.05) is 35.2 Å². The molecule has 4 rings (SSSR count). The maximum absolute atomic E-state index is 13.2. The Hall–Kier alpha value is -2.74. The highest BCUT2D eigenvalue weighted by Crippen LogP contribution is 2.27. The second-order valence-electron chi connectivity index (χ2n) is 9.01. The van der Waals surface area contributed by atoms with Crippen molar-refractivity contribution < 1.29 is 9.21 Å². The van der Waals surface area contributed by atoms with Crippen molar-refractivity contribution in [3.05, 3.63) is 60.1 Å². The maximum Gasteiger partial charge on any atom is 0.233 e. The van der Waals surface area contributed by atoms with Gasteiger partial charge >= 0.3 is 0 Å². The number of aromatic nitrogens is 3. The number of hydrogen-bond acceptors (Lipinski definition) is 6. The average Bonchev–Trinajstić information content (AvgIpc) is 3.47. The first-order valence-corrected chi connectivity index (χ1v) is 12.7. The first-order valence-electron chi connectivity index (χ1n) is 11.7. The number of amides is 1. The number of anilines is 1. The molecule has 0 N–H and O–H groups in total. The van der Waals surface area contributed by atoms with Gasteiger partial charge in [0, 0.05) is 25.7 Å². The van der Waals surface area contributed by atoms with E-state index < -0.39 is 0 Å². The molecule has 7 nitrogen and oxygen atoms in total. The predicted octanol–water partition coefficient (Wildman–Crippen LogP) is 4.69. The summed E-state index contributed by atoms with van der Waals surface area (Å²) in [6.45, 7) is 9.51. The molecule has 0 aliphatic carbocycles. The minimum absolute atomic E-state index is 0.0970. The normalized spacial score (nSPS) is 14.7. The van der Waals surface area contributed by atoms with Crippen molar-refractivity contribution in [2.45, 2.75) is 57.9 Å². The molecular weight excluding hydrogens is 434 g/mol. The van der Waals surface area contributed by atoms with Crippen LogP contribution in [0.5, 0.6) is 0 Å². The number of hydrogen-bond donors (Lipinski definition) is 0. The van der Waals surface area contributed by atoms with Gasteiger partial charge in [-0.15, -0.1) is 10.2 Å². The van der Waals surface area contributed by atoms with E-state index in [0.29, 0.717) is 18.8 Å². The Morgan fingerprint density at radius 1 is 1.15 bits per heavy atom. The van der Waals surface area contributed by atoms with E-state index in [2.05, 4.69) is 52.6 Å². The van der Waals surface area contributed by atoms with Gasteiger partial charge in [-0.05, 0) is 50.3 Å². The predicted molar refractivity (Wildman–Crippen MR) is 131 cm³/mol. The summed E-state index contributed by atoms with van der Waals surface area (Å²) in [4.78, 5) is 17.4. The van der Waals surface area contributed by atoms with E-state index in [9.17, 15) is 4.79 Å². The zero-order valence-corrected chi connectivity index (χ0v) is 20.5. The molecule has 1 amide bonds. The molecule has 1 aromatic carbocycles. The average molecular weight is 468 g/mol. The van der Waals surface area contributed by atoms with Gasteiger partial charge in [0.05, 0.1) is 18.6 Å². The van der Waals surface area contributed by atoms with Crippen molar-refractivity contribution in [2.24, 2.45) is 5.92 Å². The summed E-state index contributed by atoms with van der Waals surface area (Å²) in [5.74, 6) is 2.86. The molecule has 0 saturated carbocycles. The topological polar surface area (TPSA) is 67.4 Å². The van der Waals surface area contributed by atoms with Gasteiger partial charge in [0.15, 0.2) is 5.16 Å². The fourth-order valence-electron chi connectivity index (χ4n) is 4.08. The Morgan fingerprint density at radius 2 is 1.91 bits per heavy atom. The molecule has 1 fully saturated rings. The third-order valence-corrected chi connectivity index (χ3v) is 7.07. The van der Waals surface area contributed by atoms with Crippen molar-refractivity contribution in [1.29, 1.82) is 0 Å². The molecule has 0 radical (unpaired) electrons. The van der Waals surface area contributed by atoms with Crippen LogP contribution in [0, 0.1) is 5.92 Å². The van der Waals surface area contributed by atoms with Crippen LogP contribution in [0.2, 0.25) is 0 Å². The monoisotopic (exact) mass is 467 g/mol. The number of benzene rings is 1. The third kappa shape index (κ3) is 5.99. The van der Waals surface area contributed by atoms with Crippen LogP contribution in [-0.2, 0) is 17.9 Å². The van der Waals surface area contributed by atoms with Crippen LogP contribution in [0.15, 0.2) is 58.3 Å². The van der Waals surface area contributed by atoms with E-state index in [1.165, 1.54) is 11.8 Å². The van der Waals surface area contributed by atoms with Gasteiger partial charge in [-0.1, -0.05) is 49.0 Å². The maximum atomic E-state index is 13.2. The molecule has 0 atom stereocenters. The molecule has 1 aliphatic heterocycles. The Balaban J connectivity index is 1.48. The number of piperidine rings is 1. The number of rotatable bonds is 9. The quantitative estimate of drug-likeness (QED) is 0.426. The minimum Gasteiger partial charge on any atom is -0.467 e. The number of nitrogens with zero attached hydrogens (tertiary/aromatic N) is 5. The Morgan fingerprint density at radius 3 is 2.58 bits per heavy atom. The molecule has 176 valence electrons. The number of carbonyl (C=O) groups excluding carboxylic acids is 1. The van der Waals surface area contributed by atoms with Crippen LogP contribution in [-0.4, -0.2) is 50.5 Å². The fourth-order valence-corrected chi connectivity index (χ4v) is 4.89. The highest BCUT2D eigenvalue weighted by molar-refractivity contribution is 7.99. The summed E-state index contributed by atoms with van der Waals surface area (Å²) in [7, 11) is 0. The van der Waals surface area contributed by atoms with Gasteiger partial charge in [0.1, 0.15) is 5.76 Å². The summed E-state index contributed by atoms with van der Waals surface area (Å²) in [5.41, 5.74) is 1.13. The zero-order valence-electron chi connectivity index (χ0n) is 19.7. The molecule has 0 bridgehead atoms. The number of thioether (sulfide) groups is 1. The molecule has 2 aromatic heterocycles.